The number of carbonyl (C=O) groups excluding carboxylic acids is 1. The van der Waals surface area contributed by atoms with E-state index in [4.69, 9.17) is 4.74 Å². The van der Waals surface area contributed by atoms with Crippen molar-refractivity contribution in [3.63, 3.8) is 0 Å². The molecule has 0 atom stereocenters. The second-order valence-corrected chi connectivity index (χ2v) is 5.64. The van der Waals surface area contributed by atoms with Crippen LogP contribution in [0.1, 0.15) is 5.69 Å². The predicted molar refractivity (Wildman–Crippen MR) is 85.8 cm³/mol. The highest BCUT2D eigenvalue weighted by atomic mass is 32.1. The van der Waals surface area contributed by atoms with Crippen molar-refractivity contribution in [2.24, 2.45) is 0 Å². The molecular formula is C14H13N5O3S. The first-order chi connectivity index (χ1) is 11.1. The highest BCUT2D eigenvalue weighted by Crippen LogP contribution is 2.13. The lowest BCUT2D eigenvalue weighted by Crippen LogP contribution is -2.27. The predicted octanol–water partition coefficient (Wildman–Crippen LogP) is 1.20. The molecule has 23 heavy (non-hydrogen) atoms. The minimum atomic E-state index is -0.386. The van der Waals surface area contributed by atoms with Gasteiger partial charge in [0.05, 0.1) is 18.8 Å². The molecule has 0 unspecified atom stereocenters. The SMILES string of the molecule is COc1nc(C)cc(NC(=O)Cn2cnc3sccc3c2=O)n1. The molecular weight excluding hydrogens is 318 g/mol. The zero-order valence-electron chi connectivity index (χ0n) is 12.4. The van der Waals surface area contributed by atoms with E-state index in [9.17, 15) is 9.59 Å². The quantitative estimate of drug-likeness (QED) is 0.771. The Bertz CT molecular complexity index is 934. The normalized spacial score (nSPS) is 10.7. The van der Waals surface area contributed by atoms with Gasteiger partial charge >= 0.3 is 6.01 Å². The van der Waals surface area contributed by atoms with Crippen molar-refractivity contribution in [3.05, 3.63) is 39.9 Å². The summed E-state index contributed by atoms with van der Waals surface area (Å²) < 4.78 is 6.22. The van der Waals surface area contributed by atoms with E-state index in [1.807, 2.05) is 0 Å². The molecule has 9 heteroatoms. The summed E-state index contributed by atoms with van der Waals surface area (Å²) in [5, 5.41) is 4.92. The number of methoxy groups -OCH3 is 1. The summed E-state index contributed by atoms with van der Waals surface area (Å²) in [6.45, 7) is 1.61. The van der Waals surface area contributed by atoms with Crippen LogP contribution in [-0.4, -0.2) is 32.5 Å². The Kier molecular flexibility index (Phi) is 4.02. The monoisotopic (exact) mass is 331 g/mol. The maximum Gasteiger partial charge on any atom is 0.318 e. The van der Waals surface area contributed by atoms with E-state index < -0.39 is 0 Å². The Morgan fingerprint density at radius 2 is 2.26 bits per heavy atom. The maximum atomic E-state index is 12.2. The molecule has 0 aliphatic heterocycles. The molecule has 3 rings (SSSR count). The summed E-state index contributed by atoms with van der Waals surface area (Å²) in [7, 11) is 1.45. The number of fused-ring (bicyclic) bond motifs is 1. The highest BCUT2D eigenvalue weighted by Gasteiger charge is 2.11. The lowest BCUT2D eigenvalue weighted by atomic mass is 10.4. The summed E-state index contributed by atoms with van der Waals surface area (Å²) in [5.74, 6) is -0.0689. The van der Waals surface area contributed by atoms with E-state index in [1.165, 1.54) is 29.3 Å². The van der Waals surface area contributed by atoms with E-state index in [0.717, 1.165) is 0 Å². The number of thiophene rings is 1. The van der Waals surface area contributed by atoms with E-state index >= 15 is 0 Å². The van der Waals surface area contributed by atoms with Gasteiger partial charge in [-0.1, -0.05) is 0 Å². The number of hydrogen-bond acceptors (Lipinski definition) is 7. The van der Waals surface area contributed by atoms with E-state index in [1.54, 1.807) is 24.4 Å². The van der Waals surface area contributed by atoms with Gasteiger partial charge in [0, 0.05) is 11.8 Å². The van der Waals surface area contributed by atoms with Crippen LogP contribution < -0.4 is 15.6 Å². The van der Waals surface area contributed by atoms with Gasteiger partial charge in [-0.15, -0.1) is 11.3 Å². The van der Waals surface area contributed by atoms with Crippen molar-refractivity contribution in [2.45, 2.75) is 13.5 Å². The molecule has 0 saturated heterocycles. The second kappa shape index (κ2) is 6.13. The number of anilines is 1. The fraction of sp³-hybridized carbons (Fsp3) is 0.214. The fourth-order valence-corrected chi connectivity index (χ4v) is 2.76. The molecule has 3 heterocycles. The summed E-state index contributed by atoms with van der Waals surface area (Å²) >= 11 is 1.38. The van der Waals surface area contributed by atoms with Gasteiger partial charge in [-0.05, 0) is 18.4 Å². The average molecular weight is 331 g/mol. The van der Waals surface area contributed by atoms with Crippen molar-refractivity contribution in [1.82, 2.24) is 19.5 Å². The van der Waals surface area contributed by atoms with Gasteiger partial charge in [0.2, 0.25) is 5.91 Å². The van der Waals surface area contributed by atoms with Gasteiger partial charge in [-0.2, -0.15) is 4.98 Å². The highest BCUT2D eigenvalue weighted by molar-refractivity contribution is 7.16. The molecule has 3 aromatic heterocycles. The average Bonchev–Trinajstić information content (AvgIpc) is 2.98. The molecule has 0 aliphatic rings. The van der Waals surface area contributed by atoms with E-state index in [2.05, 4.69) is 20.3 Å². The Morgan fingerprint density at radius 1 is 1.43 bits per heavy atom. The summed E-state index contributed by atoms with van der Waals surface area (Å²) in [4.78, 5) is 37.2. The van der Waals surface area contributed by atoms with Crippen LogP contribution in [0, 0.1) is 6.92 Å². The lowest BCUT2D eigenvalue weighted by Gasteiger charge is -2.08. The molecule has 0 saturated carbocycles. The minimum Gasteiger partial charge on any atom is -0.467 e. The van der Waals surface area contributed by atoms with Crippen LogP contribution in [0.4, 0.5) is 5.82 Å². The standard InChI is InChI=1S/C14H13N5O3S/c1-8-5-10(18-14(16-8)22-2)17-11(20)6-19-7-15-12-9(13(19)21)3-4-23-12/h3-5,7H,6H2,1-2H3,(H,16,17,18,20). The summed E-state index contributed by atoms with van der Waals surface area (Å²) in [6.07, 6.45) is 1.37. The number of aryl methyl sites for hydroxylation is 1. The molecule has 3 aromatic rings. The number of hydrogen-bond donors (Lipinski definition) is 1. The molecule has 1 amide bonds. The van der Waals surface area contributed by atoms with Crippen LogP contribution in [0.5, 0.6) is 6.01 Å². The van der Waals surface area contributed by atoms with Crippen LogP contribution in [0.15, 0.2) is 28.6 Å². The number of aromatic nitrogens is 4. The molecule has 118 valence electrons. The maximum absolute atomic E-state index is 12.2. The molecule has 0 spiro atoms. The third kappa shape index (κ3) is 3.19. The first kappa shape index (κ1) is 15.1. The van der Waals surface area contributed by atoms with Crippen molar-refractivity contribution in [3.8, 4) is 6.01 Å². The number of carbonyl (C=O) groups is 1. The Morgan fingerprint density at radius 3 is 3.04 bits per heavy atom. The third-order valence-electron chi connectivity index (χ3n) is 3.05. The first-order valence-corrected chi connectivity index (χ1v) is 7.57. The first-order valence-electron chi connectivity index (χ1n) is 6.69. The van der Waals surface area contributed by atoms with Crippen molar-refractivity contribution < 1.29 is 9.53 Å². The van der Waals surface area contributed by atoms with Crippen molar-refractivity contribution in [2.75, 3.05) is 12.4 Å². The zero-order valence-corrected chi connectivity index (χ0v) is 13.3. The summed E-state index contributed by atoms with van der Waals surface area (Å²) in [6, 6.07) is 3.48. The van der Waals surface area contributed by atoms with Crippen LogP contribution in [0.3, 0.4) is 0 Å². The van der Waals surface area contributed by atoms with Crippen molar-refractivity contribution in [1.29, 1.82) is 0 Å². The molecule has 0 fully saturated rings. The summed E-state index contributed by atoms with van der Waals surface area (Å²) in [5.41, 5.74) is 0.411. The number of nitrogens with one attached hydrogen (secondary N) is 1. The largest absolute Gasteiger partial charge is 0.467 e. The van der Waals surface area contributed by atoms with Crippen LogP contribution in [0.25, 0.3) is 10.2 Å². The molecule has 1 N–H and O–H groups in total. The molecule has 8 nitrogen and oxygen atoms in total. The number of ether oxygens (including phenoxy) is 1. The van der Waals surface area contributed by atoms with Gasteiger partial charge in [0.15, 0.2) is 0 Å². The second-order valence-electron chi connectivity index (χ2n) is 4.75. The smallest absolute Gasteiger partial charge is 0.318 e. The number of amides is 1. The van der Waals surface area contributed by atoms with Gasteiger partial charge in [-0.25, -0.2) is 9.97 Å². The molecule has 0 aromatic carbocycles. The Labute approximate surface area is 134 Å². The third-order valence-corrected chi connectivity index (χ3v) is 3.87. The fourth-order valence-electron chi connectivity index (χ4n) is 2.04. The minimum absolute atomic E-state index is 0.150. The zero-order chi connectivity index (χ0) is 16.4. The molecule has 0 aliphatic carbocycles. The molecule has 0 bridgehead atoms. The molecule has 0 radical (unpaired) electrons. The van der Waals surface area contributed by atoms with Gasteiger partial charge in [-0.3, -0.25) is 14.2 Å². The van der Waals surface area contributed by atoms with Crippen molar-refractivity contribution >= 4 is 33.3 Å². The van der Waals surface area contributed by atoms with Gasteiger partial charge < -0.3 is 10.1 Å². The Balaban J connectivity index is 1.80. The van der Waals surface area contributed by atoms with Gasteiger partial charge in [0.1, 0.15) is 17.2 Å². The van der Waals surface area contributed by atoms with Crippen LogP contribution >= 0.6 is 11.3 Å². The topological polar surface area (TPSA) is 99.0 Å². The Hall–Kier alpha value is -2.81. The lowest BCUT2D eigenvalue weighted by molar-refractivity contribution is -0.116. The van der Waals surface area contributed by atoms with E-state index in [-0.39, 0.29) is 24.0 Å². The van der Waals surface area contributed by atoms with Gasteiger partial charge in [0.25, 0.3) is 5.56 Å². The van der Waals surface area contributed by atoms with Crippen LogP contribution in [0.2, 0.25) is 0 Å². The number of rotatable bonds is 4. The number of nitrogens with zero attached hydrogens (tertiary/aromatic N) is 4. The van der Waals surface area contributed by atoms with Crippen LogP contribution in [-0.2, 0) is 11.3 Å². The van der Waals surface area contributed by atoms with E-state index in [0.29, 0.717) is 21.7 Å².